The summed E-state index contributed by atoms with van der Waals surface area (Å²) >= 11 is 0. The molecule has 0 unspecified atom stereocenters. The van der Waals surface area contributed by atoms with Crippen LogP contribution in [0.3, 0.4) is 0 Å². The molecule has 0 fully saturated rings. The number of amides is 1. The highest BCUT2D eigenvalue weighted by Crippen LogP contribution is 2.19. The third-order valence-electron chi connectivity index (χ3n) is 4.15. The van der Waals surface area contributed by atoms with Crippen molar-refractivity contribution in [3.05, 3.63) is 90.2 Å². The summed E-state index contributed by atoms with van der Waals surface area (Å²) in [4.78, 5) is 12.4. The Labute approximate surface area is 174 Å². The molecule has 0 aliphatic rings. The van der Waals surface area contributed by atoms with Crippen molar-refractivity contribution in [3.8, 4) is 5.75 Å². The number of anilines is 1. The average Bonchev–Trinajstić information content (AvgIpc) is 2.74. The third-order valence-corrected chi connectivity index (χ3v) is 5.51. The predicted octanol–water partition coefficient (Wildman–Crippen LogP) is 3.82. The second-order valence-corrected chi connectivity index (χ2v) is 8.29. The van der Waals surface area contributed by atoms with Crippen LogP contribution in [-0.2, 0) is 10.0 Å². The predicted molar refractivity (Wildman–Crippen MR) is 113 cm³/mol. The first-order valence-electron chi connectivity index (χ1n) is 9.21. The summed E-state index contributed by atoms with van der Waals surface area (Å²) in [5, 5.41) is 2.76. The number of carbonyl (C=O) groups excluding carboxylic acids is 1. The van der Waals surface area contributed by atoms with E-state index in [1.807, 2.05) is 30.3 Å². The number of benzene rings is 3. The second kappa shape index (κ2) is 9.41. The van der Waals surface area contributed by atoms with E-state index in [-0.39, 0.29) is 28.8 Å². The van der Waals surface area contributed by atoms with E-state index in [9.17, 15) is 17.6 Å². The van der Waals surface area contributed by atoms with E-state index >= 15 is 0 Å². The monoisotopic (exact) mass is 428 g/mol. The molecule has 0 spiro atoms. The fraction of sp³-hybridized carbons (Fsp3) is 0.136. The van der Waals surface area contributed by atoms with Gasteiger partial charge in [0.25, 0.3) is 15.9 Å². The Morgan fingerprint density at radius 1 is 1.00 bits per heavy atom. The van der Waals surface area contributed by atoms with Crippen molar-refractivity contribution in [1.29, 1.82) is 0 Å². The van der Waals surface area contributed by atoms with Crippen molar-refractivity contribution >= 4 is 21.6 Å². The van der Waals surface area contributed by atoms with Crippen LogP contribution in [-0.4, -0.2) is 27.0 Å². The van der Waals surface area contributed by atoms with Crippen molar-refractivity contribution in [2.75, 3.05) is 11.3 Å². The van der Waals surface area contributed by atoms with E-state index in [1.54, 1.807) is 6.92 Å². The van der Waals surface area contributed by atoms with Crippen molar-refractivity contribution in [2.24, 2.45) is 0 Å². The number of nitrogens with one attached hydrogen (secondary N) is 2. The number of sulfonamides is 1. The maximum atomic E-state index is 13.8. The molecule has 8 heteroatoms. The summed E-state index contributed by atoms with van der Waals surface area (Å²) in [5.74, 6) is -0.449. The van der Waals surface area contributed by atoms with Gasteiger partial charge in [-0.05, 0) is 49.4 Å². The molecule has 0 radical (unpaired) electrons. The normalized spacial score (nSPS) is 12.1. The number of halogens is 1. The minimum atomic E-state index is -4.06. The summed E-state index contributed by atoms with van der Waals surface area (Å²) in [6.07, 6.45) is 0. The number of hydrogen-bond acceptors (Lipinski definition) is 4. The van der Waals surface area contributed by atoms with Crippen LogP contribution in [0.4, 0.5) is 10.1 Å². The van der Waals surface area contributed by atoms with Gasteiger partial charge in [0, 0.05) is 5.56 Å². The van der Waals surface area contributed by atoms with Gasteiger partial charge >= 0.3 is 0 Å². The quantitative estimate of drug-likeness (QED) is 0.571. The highest BCUT2D eigenvalue weighted by molar-refractivity contribution is 7.92. The molecule has 0 aliphatic heterocycles. The molecule has 3 rings (SSSR count). The largest absolute Gasteiger partial charge is 0.491 e. The molecule has 3 aromatic carbocycles. The topological polar surface area (TPSA) is 84.5 Å². The van der Waals surface area contributed by atoms with Crippen molar-refractivity contribution in [1.82, 2.24) is 5.32 Å². The highest BCUT2D eigenvalue weighted by atomic mass is 32.2. The van der Waals surface area contributed by atoms with E-state index in [2.05, 4.69) is 10.0 Å². The molecular weight excluding hydrogens is 407 g/mol. The lowest BCUT2D eigenvalue weighted by Gasteiger charge is -2.15. The molecule has 2 N–H and O–H groups in total. The second-order valence-electron chi connectivity index (χ2n) is 6.61. The first-order chi connectivity index (χ1) is 14.3. The van der Waals surface area contributed by atoms with Crippen LogP contribution >= 0.6 is 0 Å². The zero-order valence-electron chi connectivity index (χ0n) is 16.2. The number of para-hydroxylation sites is 2. The third kappa shape index (κ3) is 5.57. The van der Waals surface area contributed by atoms with Crippen LogP contribution in [0.5, 0.6) is 5.75 Å². The van der Waals surface area contributed by atoms with Crippen LogP contribution < -0.4 is 14.8 Å². The average molecular weight is 428 g/mol. The Kier molecular flexibility index (Phi) is 6.68. The SMILES string of the molecule is C[C@@H](COc1ccccc1)NC(=O)c1cccc(S(=O)(=O)Nc2ccccc2F)c1. The molecule has 1 amide bonds. The number of rotatable bonds is 8. The van der Waals surface area contributed by atoms with Gasteiger partial charge in [0.2, 0.25) is 0 Å². The summed E-state index contributed by atoms with van der Waals surface area (Å²) in [6.45, 7) is 2.03. The fourth-order valence-corrected chi connectivity index (χ4v) is 3.75. The minimum absolute atomic E-state index is 0.147. The van der Waals surface area contributed by atoms with Crippen molar-refractivity contribution in [2.45, 2.75) is 17.9 Å². The van der Waals surface area contributed by atoms with Crippen LogP contribution in [0.2, 0.25) is 0 Å². The number of hydrogen-bond donors (Lipinski definition) is 2. The van der Waals surface area contributed by atoms with E-state index in [1.165, 1.54) is 42.5 Å². The van der Waals surface area contributed by atoms with E-state index in [0.29, 0.717) is 5.75 Å². The van der Waals surface area contributed by atoms with Gasteiger partial charge in [-0.3, -0.25) is 9.52 Å². The zero-order valence-corrected chi connectivity index (χ0v) is 17.0. The first kappa shape index (κ1) is 21.3. The van der Waals surface area contributed by atoms with Gasteiger partial charge in [-0.15, -0.1) is 0 Å². The summed E-state index contributed by atoms with van der Waals surface area (Å²) in [5.41, 5.74) is -0.00277. The van der Waals surface area contributed by atoms with Crippen LogP contribution in [0, 0.1) is 5.82 Å². The molecule has 0 aliphatic carbocycles. The maximum Gasteiger partial charge on any atom is 0.262 e. The van der Waals surface area contributed by atoms with E-state index in [4.69, 9.17) is 4.74 Å². The van der Waals surface area contributed by atoms with Gasteiger partial charge in [-0.25, -0.2) is 12.8 Å². The molecule has 0 saturated carbocycles. The molecule has 0 bridgehead atoms. The van der Waals surface area contributed by atoms with Gasteiger partial charge in [0.05, 0.1) is 16.6 Å². The minimum Gasteiger partial charge on any atom is -0.491 e. The molecule has 0 heterocycles. The fourth-order valence-electron chi connectivity index (χ4n) is 2.64. The molecule has 3 aromatic rings. The Morgan fingerprint density at radius 3 is 2.43 bits per heavy atom. The molecule has 0 aromatic heterocycles. The molecule has 156 valence electrons. The van der Waals surface area contributed by atoms with Gasteiger partial charge in [-0.1, -0.05) is 36.4 Å². The Morgan fingerprint density at radius 2 is 1.70 bits per heavy atom. The summed E-state index contributed by atoms with van der Waals surface area (Å²) in [7, 11) is -4.06. The maximum absolute atomic E-state index is 13.8. The van der Waals surface area contributed by atoms with Crippen LogP contribution in [0.25, 0.3) is 0 Å². The molecule has 6 nitrogen and oxygen atoms in total. The first-order valence-corrected chi connectivity index (χ1v) is 10.7. The van der Waals surface area contributed by atoms with Crippen molar-refractivity contribution < 1.29 is 22.3 Å². The van der Waals surface area contributed by atoms with Crippen LogP contribution in [0.1, 0.15) is 17.3 Å². The lowest BCUT2D eigenvalue weighted by atomic mass is 10.2. The summed E-state index contributed by atoms with van der Waals surface area (Å²) < 4.78 is 46.7. The molecule has 1 atom stereocenters. The summed E-state index contributed by atoms with van der Waals surface area (Å²) in [6, 6.07) is 19.9. The highest BCUT2D eigenvalue weighted by Gasteiger charge is 2.18. The Balaban J connectivity index is 1.66. The zero-order chi connectivity index (χ0) is 21.6. The van der Waals surface area contributed by atoms with E-state index < -0.39 is 21.7 Å². The van der Waals surface area contributed by atoms with Gasteiger partial charge in [-0.2, -0.15) is 0 Å². The molecule has 30 heavy (non-hydrogen) atoms. The van der Waals surface area contributed by atoms with Crippen LogP contribution in [0.15, 0.2) is 83.8 Å². The van der Waals surface area contributed by atoms with Crippen molar-refractivity contribution in [3.63, 3.8) is 0 Å². The van der Waals surface area contributed by atoms with Gasteiger partial charge in [0.15, 0.2) is 0 Å². The molecular formula is C22H21FN2O4S. The van der Waals surface area contributed by atoms with Gasteiger partial charge in [0.1, 0.15) is 18.2 Å². The number of ether oxygens (including phenoxy) is 1. The Bertz CT molecular complexity index is 1120. The van der Waals surface area contributed by atoms with Gasteiger partial charge < -0.3 is 10.1 Å². The van der Waals surface area contributed by atoms with E-state index in [0.717, 1.165) is 6.07 Å². The lowest BCUT2D eigenvalue weighted by molar-refractivity contribution is 0.0926. The smallest absolute Gasteiger partial charge is 0.262 e. The molecule has 0 saturated heterocycles. The number of carbonyl (C=O) groups is 1. The Hall–Kier alpha value is -3.39. The lowest BCUT2D eigenvalue weighted by Crippen LogP contribution is -2.36. The standard InChI is InChI=1S/C22H21FN2O4S/c1-16(15-29-18-9-3-2-4-10-18)24-22(26)17-8-7-11-19(14-17)30(27,28)25-21-13-6-5-12-20(21)23/h2-14,16,25H,15H2,1H3,(H,24,26)/t16-/m0/s1.